The third-order valence-corrected chi connectivity index (χ3v) is 4.28. The number of benzene rings is 1. The van der Waals surface area contributed by atoms with E-state index in [1.165, 1.54) is 29.0 Å². The zero-order valence-corrected chi connectivity index (χ0v) is 16.9. The van der Waals surface area contributed by atoms with E-state index in [-0.39, 0.29) is 30.5 Å². The molecule has 0 radical (unpaired) electrons. The first kappa shape index (κ1) is 22.0. The molecule has 29 heavy (non-hydrogen) atoms. The topological polar surface area (TPSA) is 129 Å². The summed E-state index contributed by atoms with van der Waals surface area (Å²) < 4.78 is 24.2. The lowest BCUT2D eigenvalue weighted by Gasteiger charge is -2.03. The highest BCUT2D eigenvalue weighted by molar-refractivity contribution is 7.13. The first-order valence-corrected chi connectivity index (χ1v) is 9.55. The quantitative estimate of drug-likeness (QED) is 0.589. The number of rotatable bonds is 6. The number of nitrogens with zero attached hydrogens (tertiary/aromatic N) is 3. The Morgan fingerprint density at radius 2 is 2.03 bits per heavy atom. The Labute approximate surface area is 169 Å². The van der Waals surface area contributed by atoms with Crippen molar-refractivity contribution in [1.82, 2.24) is 13.9 Å². The summed E-state index contributed by atoms with van der Waals surface area (Å²) in [7, 11) is 0. The van der Waals surface area contributed by atoms with Gasteiger partial charge in [0.25, 0.3) is 5.91 Å². The summed E-state index contributed by atoms with van der Waals surface area (Å²) in [4.78, 5) is 39.6. The lowest BCUT2D eigenvalue weighted by molar-refractivity contribution is -0.118. The molecule has 2 aromatic heterocycles. The number of imidazole rings is 1. The fourth-order valence-electron chi connectivity index (χ4n) is 2.37. The Bertz CT molecular complexity index is 1050. The highest BCUT2D eigenvalue weighted by atomic mass is 32.1. The number of halogens is 1. The molecule has 0 aliphatic carbocycles. The molecule has 0 saturated carbocycles. The van der Waals surface area contributed by atoms with Gasteiger partial charge in [-0.1, -0.05) is 13.8 Å². The van der Waals surface area contributed by atoms with E-state index in [9.17, 15) is 18.8 Å². The van der Waals surface area contributed by atoms with Crippen molar-refractivity contribution in [3.05, 3.63) is 41.7 Å². The van der Waals surface area contributed by atoms with E-state index in [2.05, 4.69) is 14.7 Å². The lowest BCUT2D eigenvalue weighted by Crippen LogP contribution is -2.22. The van der Waals surface area contributed by atoms with Crippen molar-refractivity contribution in [3.8, 4) is 0 Å². The van der Waals surface area contributed by atoms with Crippen LogP contribution >= 0.6 is 11.5 Å². The van der Waals surface area contributed by atoms with Crippen molar-refractivity contribution in [2.24, 2.45) is 5.73 Å². The number of nitrogens with one attached hydrogen (secondary N) is 1. The molecule has 0 fully saturated rings. The summed E-state index contributed by atoms with van der Waals surface area (Å²) in [5, 5.41) is 2.84. The average molecular weight is 421 g/mol. The van der Waals surface area contributed by atoms with Crippen molar-refractivity contribution in [1.29, 1.82) is 0 Å². The predicted octanol–water partition coefficient (Wildman–Crippen LogP) is 2.57. The minimum absolute atomic E-state index is 0.00172. The fourth-order valence-corrected chi connectivity index (χ4v) is 3.13. The second-order valence-electron chi connectivity index (χ2n) is 5.39. The number of nitrogens with two attached hydrogens (primary N) is 1. The van der Waals surface area contributed by atoms with Gasteiger partial charge < -0.3 is 20.4 Å². The van der Waals surface area contributed by atoms with Gasteiger partial charge in [-0.2, -0.15) is 4.37 Å². The number of esters is 1. The first-order valence-electron chi connectivity index (χ1n) is 8.78. The third kappa shape index (κ3) is 5.13. The van der Waals surface area contributed by atoms with Gasteiger partial charge in [0, 0.05) is 11.6 Å². The van der Waals surface area contributed by atoms with Crippen LogP contribution in [0.25, 0.3) is 10.1 Å². The smallest absolute Gasteiger partial charge is 0.374 e. The van der Waals surface area contributed by atoms with E-state index in [1.807, 2.05) is 13.8 Å². The van der Waals surface area contributed by atoms with Crippen LogP contribution in [-0.4, -0.2) is 38.3 Å². The molecular formula is C18H20FN5O4S. The van der Waals surface area contributed by atoms with Gasteiger partial charge in [-0.3, -0.25) is 9.59 Å². The molecule has 0 atom stereocenters. The van der Waals surface area contributed by atoms with Crippen LogP contribution in [0.15, 0.2) is 24.4 Å². The van der Waals surface area contributed by atoms with Crippen LogP contribution in [0.4, 0.5) is 10.2 Å². The van der Waals surface area contributed by atoms with Gasteiger partial charge in [0.2, 0.25) is 11.7 Å². The zero-order chi connectivity index (χ0) is 21.6. The highest BCUT2D eigenvalue weighted by Gasteiger charge is 2.21. The van der Waals surface area contributed by atoms with E-state index in [4.69, 9.17) is 10.5 Å². The van der Waals surface area contributed by atoms with Gasteiger partial charge >= 0.3 is 5.97 Å². The molecule has 2 amide bonds. The number of fused-ring (bicyclic) bond motifs is 1. The lowest BCUT2D eigenvalue weighted by atomic mass is 10.2. The largest absolute Gasteiger partial charge is 0.460 e. The minimum atomic E-state index is -0.763. The zero-order valence-electron chi connectivity index (χ0n) is 16.1. The highest BCUT2D eigenvalue weighted by Crippen LogP contribution is 2.24. The Morgan fingerprint density at radius 3 is 2.69 bits per heavy atom. The molecule has 2 heterocycles. The monoisotopic (exact) mass is 421 g/mol. The van der Waals surface area contributed by atoms with Crippen LogP contribution in [-0.2, 0) is 16.1 Å². The number of anilines is 1. The van der Waals surface area contributed by atoms with Crippen LogP contribution in [0, 0.1) is 5.82 Å². The van der Waals surface area contributed by atoms with Crippen LogP contribution < -0.4 is 11.1 Å². The number of carbonyl (C=O) groups excluding carboxylic acids is 3. The summed E-state index contributed by atoms with van der Waals surface area (Å²) in [6.45, 7) is 5.41. The van der Waals surface area contributed by atoms with E-state index < -0.39 is 23.6 Å². The molecule has 3 N–H and O–H groups in total. The van der Waals surface area contributed by atoms with Crippen molar-refractivity contribution in [3.63, 3.8) is 0 Å². The minimum Gasteiger partial charge on any atom is -0.460 e. The van der Waals surface area contributed by atoms with Crippen LogP contribution in [0.3, 0.4) is 0 Å². The fraction of sp³-hybridized carbons (Fsp3) is 0.278. The van der Waals surface area contributed by atoms with Gasteiger partial charge in [-0.05, 0) is 36.7 Å². The van der Waals surface area contributed by atoms with Gasteiger partial charge in [0.05, 0.1) is 11.3 Å². The van der Waals surface area contributed by atoms with Crippen molar-refractivity contribution < 1.29 is 23.5 Å². The molecule has 1 aromatic carbocycles. The van der Waals surface area contributed by atoms with E-state index in [0.29, 0.717) is 10.1 Å². The maximum absolute atomic E-state index is 13.5. The van der Waals surface area contributed by atoms with Crippen molar-refractivity contribution in [2.45, 2.75) is 27.3 Å². The summed E-state index contributed by atoms with van der Waals surface area (Å²) >= 11 is 1.05. The molecule has 0 aliphatic rings. The molecule has 11 heteroatoms. The third-order valence-electron chi connectivity index (χ3n) is 3.45. The number of aromatic nitrogens is 3. The summed E-state index contributed by atoms with van der Waals surface area (Å²) in [6.07, 6.45) is 1.28. The predicted molar refractivity (Wildman–Crippen MR) is 106 cm³/mol. The normalized spacial score (nSPS) is 10.2. The van der Waals surface area contributed by atoms with Gasteiger partial charge in [-0.25, -0.2) is 14.2 Å². The van der Waals surface area contributed by atoms with E-state index in [0.717, 1.165) is 11.5 Å². The number of primary amides is 1. The number of carbonyl (C=O) groups is 3. The van der Waals surface area contributed by atoms with Gasteiger partial charge in [0.1, 0.15) is 18.1 Å². The Balaban J connectivity index is 0.00000145. The Morgan fingerprint density at radius 1 is 1.31 bits per heavy atom. The van der Waals surface area contributed by atoms with Crippen molar-refractivity contribution in [2.75, 3.05) is 11.9 Å². The molecule has 0 aliphatic heterocycles. The standard InChI is InChI=1S/C16H14FN5O4S.C2H6/c1-2-26-16(25)14-19-12(7-22(14)6-11(18)23)20-15(24)13-9-5-8(17)3-4-10(9)27-21-13;1-2/h3-5,7H,2,6H2,1H3,(H2,18,23)(H,20,24);1-2H3. The molecule has 3 aromatic rings. The molecule has 154 valence electrons. The second kappa shape index (κ2) is 9.73. The molecule has 0 unspecified atom stereocenters. The second-order valence-corrected chi connectivity index (χ2v) is 6.20. The number of ether oxygens (including phenoxy) is 1. The number of hydrogen-bond donors (Lipinski definition) is 2. The molecule has 0 saturated heterocycles. The van der Waals surface area contributed by atoms with E-state index >= 15 is 0 Å². The Kier molecular flexibility index (Phi) is 7.37. The van der Waals surface area contributed by atoms with E-state index in [1.54, 1.807) is 6.92 Å². The molecule has 0 bridgehead atoms. The van der Waals surface area contributed by atoms with Gasteiger partial charge in [-0.15, -0.1) is 0 Å². The summed E-state index contributed by atoms with van der Waals surface area (Å²) in [5.74, 6) is -2.77. The molecule has 9 nitrogen and oxygen atoms in total. The number of amides is 2. The van der Waals surface area contributed by atoms with Crippen LogP contribution in [0.1, 0.15) is 41.9 Å². The SMILES string of the molecule is CC.CCOC(=O)c1nc(NC(=O)c2nsc3ccc(F)cc23)cn1CC(N)=O. The molecule has 3 rings (SSSR count). The van der Waals surface area contributed by atoms with Crippen LogP contribution in [0.2, 0.25) is 0 Å². The van der Waals surface area contributed by atoms with Gasteiger partial charge in [0.15, 0.2) is 5.82 Å². The summed E-state index contributed by atoms with van der Waals surface area (Å²) in [6, 6.07) is 4.02. The Hall–Kier alpha value is -3.34. The van der Waals surface area contributed by atoms with Crippen molar-refractivity contribution >= 4 is 45.2 Å². The van der Waals surface area contributed by atoms with Crippen LogP contribution in [0.5, 0.6) is 0 Å². The molecule has 0 spiro atoms. The number of hydrogen-bond acceptors (Lipinski definition) is 7. The summed E-state index contributed by atoms with van der Waals surface area (Å²) in [5.41, 5.74) is 5.19. The average Bonchev–Trinajstić information content (AvgIpc) is 3.26. The maximum atomic E-state index is 13.5. The molecular weight excluding hydrogens is 401 g/mol. The maximum Gasteiger partial charge on any atom is 0.374 e. The first-order chi connectivity index (χ1) is 13.9.